The quantitative estimate of drug-likeness (QED) is 0.611. The first kappa shape index (κ1) is 20.7. The Morgan fingerprint density at radius 1 is 0.903 bits per heavy atom. The number of para-hydroxylation sites is 1. The lowest BCUT2D eigenvalue weighted by Crippen LogP contribution is -2.28. The summed E-state index contributed by atoms with van der Waals surface area (Å²) in [5.74, 6) is 0.494. The second kappa shape index (κ2) is 8.69. The highest BCUT2D eigenvalue weighted by atomic mass is 32.2. The summed E-state index contributed by atoms with van der Waals surface area (Å²) in [6.45, 7) is 2.64. The smallest absolute Gasteiger partial charge is 0.262 e. The van der Waals surface area contributed by atoms with E-state index >= 15 is 0 Å². The Hall–Kier alpha value is -3.52. The summed E-state index contributed by atoms with van der Waals surface area (Å²) in [4.78, 5) is 12.9. The van der Waals surface area contributed by atoms with Crippen molar-refractivity contribution in [2.24, 2.45) is 0 Å². The van der Waals surface area contributed by atoms with Crippen LogP contribution in [0.2, 0.25) is 0 Å². The van der Waals surface area contributed by atoms with E-state index in [1.165, 1.54) is 12.1 Å². The van der Waals surface area contributed by atoms with Crippen molar-refractivity contribution in [3.8, 4) is 11.5 Å². The normalized spacial score (nSPS) is 13.8. The zero-order chi connectivity index (χ0) is 21.8. The summed E-state index contributed by atoms with van der Waals surface area (Å²) in [5.41, 5.74) is 1.37. The lowest BCUT2D eigenvalue weighted by Gasteiger charge is -2.19. The fourth-order valence-electron chi connectivity index (χ4n) is 3.26. The van der Waals surface area contributed by atoms with E-state index in [0.717, 1.165) is 5.56 Å². The minimum absolute atomic E-state index is 0.0182. The molecule has 0 saturated heterocycles. The maximum Gasteiger partial charge on any atom is 0.262 e. The Balaban J connectivity index is 1.56. The van der Waals surface area contributed by atoms with Gasteiger partial charge in [-0.1, -0.05) is 42.5 Å². The molecule has 1 heterocycles. The Morgan fingerprint density at radius 3 is 2.35 bits per heavy atom. The van der Waals surface area contributed by atoms with Crippen LogP contribution < -0.4 is 19.5 Å². The fourth-order valence-corrected chi connectivity index (χ4v) is 4.36. The molecule has 0 unspecified atom stereocenters. The summed E-state index contributed by atoms with van der Waals surface area (Å²) in [6.07, 6.45) is 0. The van der Waals surface area contributed by atoms with Gasteiger partial charge in [-0.3, -0.25) is 9.52 Å². The molecule has 0 fully saturated rings. The van der Waals surface area contributed by atoms with E-state index in [4.69, 9.17) is 9.47 Å². The average Bonchev–Trinajstić information content (AvgIpc) is 2.79. The number of rotatable bonds is 6. The number of amides is 1. The summed E-state index contributed by atoms with van der Waals surface area (Å²) >= 11 is 0. The summed E-state index contributed by atoms with van der Waals surface area (Å²) in [6, 6.07) is 20.2. The van der Waals surface area contributed by atoms with E-state index in [1.54, 1.807) is 30.3 Å². The topological polar surface area (TPSA) is 93.7 Å². The number of hydrogen-bond acceptors (Lipinski definition) is 5. The van der Waals surface area contributed by atoms with Crippen LogP contribution in [0, 0.1) is 0 Å². The lowest BCUT2D eigenvalue weighted by molar-refractivity contribution is 0.0941. The zero-order valence-electron chi connectivity index (χ0n) is 16.9. The molecule has 0 aliphatic carbocycles. The molecule has 160 valence electrons. The Morgan fingerprint density at radius 2 is 1.58 bits per heavy atom. The minimum Gasteiger partial charge on any atom is -0.486 e. The van der Waals surface area contributed by atoms with Crippen molar-refractivity contribution in [1.29, 1.82) is 0 Å². The van der Waals surface area contributed by atoms with Crippen molar-refractivity contribution >= 4 is 21.6 Å². The molecule has 1 atom stereocenters. The predicted octanol–water partition coefficient (Wildman–Crippen LogP) is 3.75. The van der Waals surface area contributed by atoms with Crippen LogP contribution in [0.25, 0.3) is 0 Å². The van der Waals surface area contributed by atoms with Crippen LogP contribution in [0.3, 0.4) is 0 Å². The van der Waals surface area contributed by atoms with Crippen molar-refractivity contribution in [3.63, 3.8) is 0 Å². The van der Waals surface area contributed by atoms with Gasteiger partial charge in [0.15, 0.2) is 11.5 Å². The van der Waals surface area contributed by atoms with Crippen LogP contribution in [0.15, 0.2) is 77.7 Å². The molecule has 0 radical (unpaired) electrons. The van der Waals surface area contributed by atoms with E-state index in [9.17, 15) is 13.2 Å². The third-order valence-electron chi connectivity index (χ3n) is 4.89. The maximum atomic E-state index is 13.0. The van der Waals surface area contributed by atoms with Crippen LogP contribution in [0.1, 0.15) is 28.9 Å². The maximum absolute atomic E-state index is 13.0. The average molecular weight is 439 g/mol. The number of anilines is 1. The molecule has 0 spiro atoms. The molecule has 3 aromatic rings. The lowest BCUT2D eigenvalue weighted by atomic mass is 10.1. The number of ether oxygens (including phenoxy) is 2. The van der Waals surface area contributed by atoms with Gasteiger partial charge in [0.05, 0.1) is 22.2 Å². The molecule has 1 amide bonds. The van der Waals surface area contributed by atoms with Gasteiger partial charge in [0.25, 0.3) is 15.9 Å². The molecule has 0 saturated carbocycles. The van der Waals surface area contributed by atoms with Gasteiger partial charge in [-0.25, -0.2) is 8.42 Å². The molecule has 0 aromatic heterocycles. The van der Waals surface area contributed by atoms with Gasteiger partial charge >= 0.3 is 0 Å². The van der Waals surface area contributed by atoms with Gasteiger partial charge < -0.3 is 14.8 Å². The first-order chi connectivity index (χ1) is 14.9. The zero-order valence-corrected chi connectivity index (χ0v) is 17.7. The number of hydrogen-bond donors (Lipinski definition) is 2. The SMILES string of the molecule is C[C@@H](NC(=O)c1ccccc1NS(=O)(=O)c1ccc2c(c1)OCCO2)c1ccccc1. The molecule has 7 nitrogen and oxygen atoms in total. The van der Waals surface area contributed by atoms with Crippen LogP contribution in [-0.2, 0) is 10.0 Å². The standard InChI is InChI=1S/C23H22N2O5S/c1-16(17-7-3-2-4-8-17)24-23(26)19-9-5-6-10-20(19)25-31(27,28)18-11-12-21-22(15-18)30-14-13-29-21/h2-12,15-16,25H,13-14H2,1H3,(H,24,26)/t16-/m1/s1. The second-order valence-electron chi connectivity index (χ2n) is 7.06. The Bertz CT molecular complexity index is 1200. The predicted molar refractivity (Wildman–Crippen MR) is 117 cm³/mol. The highest BCUT2D eigenvalue weighted by Gasteiger charge is 2.22. The monoisotopic (exact) mass is 438 g/mol. The molecule has 3 aromatic carbocycles. The van der Waals surface area contributed by atoms with Gasteiger partial charge in [-0.15, -0.1) is 0 Å². The van der Waals surface area contributed by atoms with Crippen molar-refractivity contribution in [1.82, 2.24) is 5.32 Å². The van der Waals surface area contributed by atoms with Gasteiger partial charge in [0.2, 0.25) is 0 Å². The van der Waals surface area contributed by atoms with Gasteiger partial charge in [-0.05, 0) is 36.8 Å². The van der Waals surface area contributed by atoms with Crippen LogP contribution in [0.4, 0.5) is 5.69 Å². The van der Waals surface area contributed by atoms with E-state index in [0.29, 0.717) is 24.7 Å². The van der Waals surface area contributed by atoms with Crippen molar-refractivity contribution in [2.45, 2.75) is 17.9 Å². The Labute approximate surface area is 181 Å². The first-order valence-corrected chi connectivity index (χ1v) is 11.3. The van der Waals surface area contributed by atoms with Crippen LogP contribution in [0.5, 0.6) is 11.5 Å². The first-order valence-electron chi connectivity index (χ1n) is 9.81. The number of carbonyl (C=O) groups excluding carboxylic acids is 1. The van der Waals surface area contributed by atoms with E-state index in [1.807, 2.05) is 37.3 Å². The van der Waals surface area contributed by atoms with Gasteiger partial charge in [0, 0.05) is 6.07 Å². The summed E-state index contributed by atoms with van der Waals surface area (Å²) in [5, 5.41) is 2.91. The molecular weight excluding hydrogens is 416 g/mol. The molecule has 4 rings (SSSR count). The van der Waals surface area contributed by atoms with Gasteiger partial charge in [-0.2, -0.15) is 0 Å². The number of fused-ring (bicyclic) bond motifs is 1. The fraction of sp³-hybridized carbons (Fsp3) is 0.174. The molecule has 31 heavy (non-hydrogen) atoms. The molecule has 2 N–H and O–H groups in total. The summed E-state index contributed by atoms with van der Waals surface area (Å²) < 4.78 is 39.4. The highest BCUT2D eigenvalue weighted by Crippen LogP contribution is 2.33. The number of benzene rings is 3. The van der Waals surface area contributed by atoms with E-state index < -0.39 is 10.0 Å². The van der Waals surface area contributed by atoms with Crippen molar-refractivity contribution < 1.29 is 22.7 Å². The Kier molecular flexibility index (Phi) is 5.81. The van der Waals surface area contributed by atoms with Gasteiger partial charge in [0.1, 0.15) is 13.2 Å². The van der Waals surface area contributed by atoms with E-state index in [2.05, 4.69) is 10.0 Å². The molecule has 1 aliphatic heterocycles. The minimum atomic E-state index is -3.95. The van der Waals surface area contributed by atoms with Crippen molar-refractivity contribution in [3.05, 3.63) is 83.9 Å². The third kappa shape index (κ3) is 4.64. The highest BCUT2D eigenvalue weighted by molar-refractivity contribution is 7.92. The molecular formula is C23H22N2O5S. The number of carbonyl (C=O) groups is 1. The number of nitrogens with one attached hydrogen (secondary N) is 2. The second-order valence-corrected chi connectivity index (χ2v) is 8.74. The van der Waals surface area contributed by atoms with Crippen molar-refractivity contribution in [2.75, 3.05) is 17.9 Å². The molecule has 1 aliphatic rings. The number of sulfonamides is 1. The van der Waals surface area contributed by atoms with E-state index in [-0.39, 0.29) is 28.1 Å². The van der Waals surface area contributed by atoms with Crippen LogP contribution in [-0.4, -0.2) is 27.5 Å². The van der Waals surface area contributed by atoms with Crippen LogP contribution >= 0.6 is 0 Å². The molecule has 0 bridgehead atoms. The summed E-state index contributed by atoms with van der Waals surface area (Å²) in [7, 11) is -3.95. The largest absolute Gasteiger partial charge is 0.486 e. The molecule has 8 heteroatoms. The third-order valence-corrected chi connectivity index (χ3v) is 6.25.